The Balaban J connectivity index is 1.38. The van der Waals surface area contributed by atoms with Crippen molar-refractivity contribution in [2.24, 2.45) is 0 Å². The van der Waals surface area contributed by atoms with Gasteiger partial charge in [0.05, 0.1) is 23.7 Å². The first-order valence-corrected chi connectivity index (χ1v) is 15.6. The lowest BCUT2D eigenvalue weighted by atomic mass is 10.1. The maximum atomic E-state index is 14.0. The maximum absolute atomic E-state index is 14.0. The molecule has 0 aromatic heterocycles. The summed E-state index contributed by atoms with van der Waals surface area (Å²) in [6, 6.07) is 30.9. The minimum atomic E-state index is -4.03. The van der Waals surface area contributed by atoms with Crippen LogP contribution in [0.25, 0.3) is 0 Å². The van der Waals surface area contributed by atoms with Gasteiger partial charge in [-0.25, -0.2) is 8.42 Å². The van der Waals surface area contributed by atoms with Crippen LogP contribution in [0.2, 0.25) is 0 Å². The first kappa shape index (κ1) is 30.0. The second kappa shape index (κ2) is 13.2. The zero-order chi connectivity index (χ0) is 30.4. The molecule has 1 unspecified atom stereocenters. The summed E-state index contributed by atoms with van der Waals surface area (Å²) in [6.45, 7) is 3.78. The van der Waals surface area contributed by atoms with Gasteiger partial charge in [-0.3, -0.25) is 9.59 Å². The van der Waals surface area contributed by atoms with Crippen molar-refractivity contribution < 1.29 is 22.7 Å². The van der Waals surface area contributed by atoms with Crippen molar-refractivity contribution in [2.45, 2.75) is 37.8 Å². The average Bonchev–Trinajstić information content (AvgIpc) is 3.01. The number of aryl methyl sites for hydroxylation is 2. The fourth-order valence-electron chi connectivity index (χ4n) is 5.03. The zero-order valence-corrected chi connectivity index (χ0v) is 25.1. The Morgan fingerprint density at radius 3 is 2.30 bits per heavy atom. The van der Waals surface area contributed by atoms with E-state index in [1.54, 1.807) is 48.5 Å². The van der Waals surface area contributed by atoms with E-state index in [0.717, 1.165) is 22.3 Å². The van der Waals surface area contributed by atoms with Crippen LogP contribution < -0.4 is 15.0 Å². The molecule has 0 saturated heterocycles. The van der Waals surface area contributed by atoms with Crippen molar-refractivity contribution in [2.75, 3.05) is 24.5 Å². The van der Waals surface area contributed by atoms with Gasteiger partial charge in [-0.05, 0) is 55.7 Å². The highest BCUT2D eigenvalue weighted by atomic mass is 32.2. The van der Waals surface area contributed by atoms with E-state index in [1.165, 1.54) is 9.21 Å². The summed E-state index contributed by atoms with van der Waals surface area (Å²) < 4.78 is 34.9. The summed E-state index contributed by atoms with van der Waals surface area (Å²) in [7, 11) is -4.03. The molecule has 5 rings (SSSR count). The van der Waals surface area contributed by atoms with E-state index >= 15 is 0 Å². The molecule has 2 amide bonds. The van der Waals surface area contributed by atoms with Crippen LogP contribution in [0.3, 0.4) is 0 Å². The normalized spacial score (nSPS) is 14.6. The molecule has 4 aromatic rings. The summed E-state index contributed by atoms with van der Waals surface area (Å²) >= 11 is 0. The number of rotatable bonds is 10. The van der Waals surface area contributed by atoms with E-state index in [2.05, 4.69) is 5.32 Å². The lowest BCUT2D eigenvalue weighted by Gasteiger charge is -2.35. The van der Waals surface area contributed by atoms with Crippen molar-refractivity contribution in [3.05, 3.63) is 125 Å². The summed E-state index contributed by atoms with van der Waals surface area (Å²) in [6.07, 6.45) is -0.294. The molecule has 1 aliphatic rings. The predicted octanol–water partition coefficient (Wildman–Crippen LogP) is 4.65. The quantitative estimate of drug-likeness (QED) is 0.287. The molecule has 222 valence electrons. The number of anilines is 1. The molecule has 0 saturated carbocycles. The van der Waals surface area contributed by atoms with Crippen LogP contribution in [0, 0.1) is 13.8 Å². The standard InChI is InChI=1S/C34H35N3O5S/c1-25-15-17-29(18-16-25)43(40,41)36(22-28-12-8-9-26(2)21-28)24-33(38)37-23-32(42-31-14-7-6-13-30(31)37)34(39)35-20-19-27-10-4-3-5-11-27/h3-18,21,32H,19-20,22-24H2,1-2H3,(H,35,39). The number of nitrogens with one attached hydrogen (secondary N) is 1. The summed E-state index contributed by atoms with van der Waals surface area (Å²) in [4.78, 5) is 28.7. The highest BCUT2D eigenvalue weighted by Crippen LogP contribution is 2.33. The van der Waals surface area contributed by atoms with Gasteiger partial charge in [-0.15, -0.1) is 0 Å². The smallest absolute Gasteiger partial charge is 0.262 e. The molecule has 0 aliphatic carbocycles. The van der Waals surface area contributed by atoms with Crippen LogP contribution in [0.5, 0.6) is 5.75 Å². The van der Waals surface area contributed by atoms with E-state index in [4.69, 9.17) is 4.74 Å². The van der Waals surface area contributed by atoms with Crippen LogP contribution in [0.15, 0.2) is 108 Å². The minimum absolute atomic E-state index is 0.0129. The molecule has 9 heteroatoms. The molecule has 1 aliphatic heterocycles. The third-order valence-corrected chi connectivity index (χ3v) is 9.14. The fraction of sp³-hybridized carbons (Fsp3) is 0.235. The molecular weight excluding hydrogens is 562 g/mol. The van der Waals surface area contributed by atoms with Gasteiger partial charge in [0.2, 0.25) is 15.9 Å². The second-order valence-electron chi connectivity index (χ2n) is 10.7. The van der Waals surface area contributed by atoms with Crippen molar-refractivity contribution in [1.29, 1.82) is 0 Å². The van der Waals surface area contributed by atoms with Gasteiger partial charge >= 0.3 is 0 Å². The Morgan fingerprint density at radius 1 is 0.860 bits per heavy atom. The first-order valence-electron chi connectivity index (χ1n) is 14.2. The van der Waals surface area contributed by atoms with Gasteiger partial charge in [0.1, 0.15) is 5.75 Å². The minimum Gasteiger partial charge on any atom is -0.477 e. The molecule has 1 N–H and O–H groups in total. The fourth-order valence-corrected chi connectivity index (χ4v) is 6.41. The Kier molecular flexibility index (Phi) is 9.23. The van der Waals surface area contributed by atoms with Crippen molar-refractivity contribution in [1.82, 2.24) is 9.62 Å². The summed E-state index contributed by atoms with van der Waals surface area (Å²) in [5, 5.41) is 2.91. The lowest BCUT2D eigenvalue weighted by Crippen LogP contribution is -2.53. The number of amides is 2. The van der Waals surface area contributed by atoms with Gasteiger partial charge in [0.15, 0.2) is 6.10 Å². The number of ether oxygens (including phenoxy) is 1. The number of para-hydroxylation sites is 2. The van der Waals surface area contributed by atoms with Gasteiger partial charge in [-0.2, -0.15) is 4.31 Å². The Morgan fingerprint density at radius 2 is 1.56 bits per heavy atom. The molecule has 8 nitrogen and oxygen atoms in total. The van der Waals surface area contributed by atoms with Crippen molar-refractivity contribution in [3.8, 4) is 5.75 Å². The topological polar surface area (TPSA) is 96.0 Å². The Labute approximate surface area is 253 Å². The van der Waals surface area contributed by atoms with Gasteiger partial charge in [0.25, 0.3) is 5.91 Å². The molecule has 43 heavy (non-hydrogen) atoms. The van der Waals surface area contributed by atoms with E-state index < -0.39 is 28.6 Å². The van der Waals surface area contributed by atoms with Crippen molar-refractivity contribution >= 4 is 27.5 Å². The molecule has 0 spiro atoms. The van der Waals surface area contributed by atoms with Gasteiger partial charge < -0.3 is 15.0 Å². The zero-order valence-electron chi connectivity index (χ0n) is 24.3. The van der Waals surface area contributed by atoms with E-state index in [0.29, 0.717) is 24.4 Å². The highest BCUT2D eigenvalue weighted by Gasteiger charge is 2.36. The maximum Gasteiger partial charge on any atom is 0.262 e. The van der Waals surface area contributed by atoms with E-state index in [9.17, 15) is 18.0 Å². The molecule has 1 heterocycles. The number of hydrogen-bond donors (Lipinski definition) is 1. The monoisotopic (exact) mass is 597 g/mol. The van der Waals surface area contributed by atoms with E-state index in [-0.39, 0.29) is 23.9 Å². The first-order chi connectivity index (χ1) is 20.7. The van der Waals surface area contributed by atoms with Gasteiger partial charge in [0, 0.05) is 13.1 Å². The van der Waals surface area contributed by atoms with Crippen LogP contribution in [-0.2, 0) is 32.6 Å². The van der Waals surface area contributed by atoms with Gasteiger partial charge in [-0.1, -0.05) is 90.0 Å². The highest BCUT2D eigenvalue weighted by molar-refractivity contribution is 7.89. The number of nitrogens with zero attached hydrogens (tertiary/aromatic N) is 2. The molecule has 0 fully saturated rings. The number of benzene rings is 4. The Hall–Kier alpha value is -4.47. The third-order valence-electron chi connectivity index (χ3n) is 7.33. The molecular formula is C34H35N3O5S. The number of carbonyl (C=O) groups is 2. The SMILES string of the molecule is Cc1ccc(S(=O)(=O)N(CC(=O)N2CC(C(=O)NCCc3ccccc3)Oc3ccccc32)Cc2cccc(C)c2)cc1. The molecule has 4 aromatic carbocycles. The van der Waals surface area contributed by atoms with Crippen LogP contribution in [-0.4, -0.2) is 50.3 Å². The number of sulfonamides is 1. The Bertz CT molecular complexity index is 1690. The molecule has 0 radical (unpaired) electrons. The predicted molar refractivity (Wildman–Crippen MR) is 166 cm³/mol. The summed E-state index contributed by atoms with van der Waals surface area (Å²) in [5.74, 6) is -0.412. The third kappa shape index (κ3) is 7.31. The van der Waals surface area contributed by atoms with E-state index in [1.807, 2.05) is 68.4 Å². The van der Waals surface area contributed by atoms with Crippen LogP contribution in [0.4, 0.5) is 5.69 Å². The second-order valence-corrected chi connectivity index (χ2v) is 12.6. The average molecular weight is 598 g/mol. The van der Waals surface area contributed by atoms with Crippen LogP contribution in [0.1, 0.15) is 22.3 Å². The number of fused-ring (bicyclic) bond motifs is 1. The number of carbonyl (C=O) groups excluding carboxylic acids is 2. The lowest BCUT2D eigenvalue weighted by molar-refractivity contribution is -0.128. The summed E-state index contributed by atoms with van der Waals surface area (Å²) in [5.41, 5.74) is 4.27. The number of hydrogen-bond acceptors (Lipinski definition) is 5. The van der Waals surface area contributed by atoms with Crippen molar-refractivity contribution in [3.63, 3.8) is 0 Å². The molecule has 0 bridgehead atoms. The molecule has 1 atom stereocenters. The largest absolute Gasteiger partial charge is 0.477 e. The van der Waals surface area contributed by atoms with Crippen LogP contribution >= 0.6 is 0 Å².